The fourth-order valence-electron chi connectivity index (χ4n) is 2.51. The second-order valence-corrected chi connectivity index (χ2v) is 4.94. The third-order valence-electron chi connectivity index (χ3n) is 3.50. The van der Waals surface area contributed by atoms with Crippen molar-refractivity contribution in [2.24, 2.45) is 5.92 Å². The maximum absolute atomic E-state index is 6.01. The molecule has 2 N–H and O–H groups in total. The number of anilines is 2. The Bertz CT molecular complexity index is 394. The van der Waals surface area contributed by atoms with Crippen LogP contribution in [0.15, 0.2) is 12.1 Å². The van der Waals surface area contributed by atoms with Gasteiger partial charge in [0.25, 0.3) is 0 Å². The quantitative estimate of drug-likeness (QED) is 0.854. The van der Waals surface area contributed by atoms with Gasteiger partial charge in [-0.25, -0.2) is 0 Å². The zero-order valence-electron chi connectivity index (χ0n) is 10.8. The molecule has 2 heterocycles. The van der Waals surface area contributed by atoms with E-state index >= 15 is 0 Å². The molecule has 1 aliphatic heterocycles. The van der Waals surface area contributed by atoms with Crippen LogP contribution in [-0.4, -0.2) is 24.7 Å². The summed E-state index contributed by atoms with van der Waals surface area (Å²) in [4.78, 5) is 6.76. The summed E-state index contributed by atoms with van der Waals surface area (Å²) in [5.74, 6) is 2.27. The maximum atomic E-state index is 6.01. The number of pyridine rings is 1. The highest BCUT2D eigenvalue weighted by atomic mass is 16.5. The fraction of sp³-hybridized carbons (Fsp3) is 0.615. The average molecular weight is 235 g/mol. The molecular formula is C13H21N3O. The minimum absolute atomic E-state index is 0.487. The zero-order chi connectivity index (χ0) is 12.4. The Morgan fingerprint density at radius 2 is 2.18 bits per heavy atom. The van der Waals surface area contributed by atoms with E-state index in [-0.39, 0.29) is 0 Å². The topological polar surface area (TPSA) is 51.4 Å². The Morgan fingerprint density at radius 1 is 1.41 bits per heavy atom. The molecule has 1 fully saturated rings. The second kappa shape index (κ2) is 4.82. The summed E-state index contributed by atoms with van der Waals surface area (Å²) >= 11 is 0. The van der Waals surface area contributed by atoms with E-state index < -0.39 is 0 Å². The summed E-state index contributed by atoms with van der Waals surface area (Å²) in [7, 11) is 1.63. The Morgan fingerprint density at radius 3 is 2.82 bits per heavy atom. The molecule has 1 aromatic heterocycles. The number of hydrogen-bond acceptors (Lipinski definition) is 4. The normalized spacial score (nSPS) is 24.8. The number of nitrogen functional groups attached to an aromatic ring is 1. The first kappa shape index (κ1) is 12.0. The van der Waals surface area contributed by atoms with Crippen molar-refractivity contribution in [3.8, 4) is 5.88 Å². The summed E-state index contributed by atoms with van der Waals surface area (Å²) in [6.45, 7) is 5.55. The first-order valence-electron chi connectivity index (χ1n) is 6.19. The van der Waals surface area contributed by atoms with Crippen LogP contribution in [0, 0.1) is 5.92 Å². The van der Waals surface area contributed by atoms with Crippen molar-refractivity contribution in [3.05, 3.63) is 12.1 Å². The van der Waals surface area contributed by atoms with Crippen LogP contribution in [0.3, 0.4) is 0 Å². The molecule has 0 spiro atoms. The average Bonchev–Trinajstić information content (AvgIpc) is 2.30. The number of hydrogen-bond donors (Lipinski definition) is 1. The fourth-order valence-corrected chi connectivity index (χ4v) is 2.51. The Hall–Kier alpha value is -1.45. The summed E-state index contributed by atoms with van der Waals surface area (Å²) in [6.07, 6.45) is 2.39. The predicted octanol–water partition coefficient (Wildman–Crippen LogP) is 2.30. The molecule has 4 nitrogen and oxygen atoms in total. The molecule has 0 aromatic carbocycles. The summed E-state index contributed by atoms with van der Waals surface area (Å²) in [5, 5.41) is 0. The van der Waals surface area contributed by atoms with Gasteiger partial charge in [0, 0.05) is 18.7 Å². The van der Waals surface area contributed by atoms with Gasteiger partial charge in [0.1, 0.15) is 0 Å². The summed E-state index contributed by atoms with van der Waals surface area (Å²) in [6, 6.07) is 4.16. The van der Waals surface area contributed by atoms with Gasteiger partial charge in [0.2, 0.25) is 5.88 Å². The third kappa shape index (κ3) is 2.46. The van der Waals surface area contributed by atoms with Crippen molar-refractivity contribution in [1.29, 1.82) is 0 Å². The van der Waals surface area contributed by atoms with E-state index in [0.717, 1.165) is 24.0 Å². The van der Waals surface area contributed by atoms with E-state index in [1.807, 2.05) is 6.07 Å². The van der Waals surface area contributed by atoms with Gasteiger partial charge in [-0.15, -0.1) is 0 Å². The Kier molecular flexibility index (Phi) is 3.41. The second-order valence-electron chi connectivity index (χ2n) is 4.94. The van der Waals surface area contributed by atoms with Gasteiger partial charge in [0.15, 0.2) is 5.82 Å². The molecule has 1 saturated heterocycles. The monoisotopic (exact) mass is 235 g/mol. The predicted molar refractivity (Wildman–Crippen MR) is 70.4 cm³/mol. The molecule has 1 aromatic rings. The molecule has 0 radical (unpaired) electrons. The van der Waals surface area contributed by atoms with Gasteiger partial charge in [-0.1, -0.05) is 6.92 Å². The van der Waals surface area contributed by atoms with Crippen LogP contribution in [0.4, 0.5) is 11.5 Å². The van der Waals surface area contributed by atoms with E-state index in [1.54, 1.807) is 13.2 Å². The maximum Gasteiger partial charge on any atom is 0.215 e. The van der Waals surface area contributed by atoms with Crippen LogP contribution < -0.4 is 15.4 Å². The van der Waals surface area contributed by atoms with Crippen LogP contribution >= 0.6 is 0 Å². The van der Waals surface area contributed by atoms with Gasteiger partial charge in [0.05, 0.1) is 12.8 Å². The first-order chi connectivity index (χ1) is 8.11. The molecular weight excluding hydrogens is 214 g/mol. The van der Waals surface area contributed by atoms with Crippen LogP contribution in [0.1, 0.15) is 26.7 Å². The van der Waals surface area contributed by atoms with Crippen molar-refractivity contribution < 1.29 is 4.74 Å². The van der Waals surface area contributed by atoms with Crippen LogP contribution in [0.25, 0.3) is 0 Å². The number of ether oxygens (including phenoxy) is 1. The highest BCUT2D eigenvalue weighted by Gasteiger charge is 2.25. The minimum Gasteiger partial charge on any atom is -0.481 e. The van der Waals surface area contributed by atoms with E-state index in [9.17, 15) is 0 Å². The zero-order valence-corrected chi connectivity index (χ0v) is 10.8. The Labute approximate surface area is 103 Å². The van der Waals surface area contributed by atoms with Crippen molar-refractivity contribution in [3.63, 3.8) is 0 Å². The summed E-state index contributed by atoms with van der Waals surface area (Å²) < 4.78 is 5.16. The van der Waals surface area contributed by atoms with Gasteiger partial charge >= 0.3 is 0 Å². The molecule has 2 atom stereocenters. The molecule has 0 amide bonds. The molecule has 0 bridgehead atoms. The van der Waals surface area contributed by atoms with Gasteiger partial charge in [-0.2, -0.15) is 4.98 Å². The lowest BCUT2D eigenvalue weighted by Gasteiger charge is -2.37. The van der Waals surface area contributed by atoms with Gasteiger partial charge < -0.3 is 15.4 Å². The van der Waals surface area contributed by atoms with E-state index in [4.69, 9.17) is 10.5 Å². The third-order valence-corrected chi connectivity index (χ3v) is 3.50. The van der Waals surface area contributed by atoms with Crippen molar-refractivity contribution in [2.45, 2.75) is 32.7 Å². The van der Waals surface area contributed by atoms with Crippen LogP contribution in [-0.2, 0) is 0 Å². The lowest BCUT2D eigenvalue weighted by atomic mass is 9.93. The van der Waals surface area contributed by atoms with E-state index in [2.05, 4.69) is 23.7 Å². The number of nitrogens with zero attached hydrogens (tertiary/aromatic N) is 2. The minimum atomic E-state index is 0.487. The lowest BCUT2D eigenvalue weighted by Crippen LogP contribution is -2.41. The van der Waals surface area contributed by atoms with Crippen molar-refractivity contribution in [1.82, 2.24) is 4.98 Å². The number of aromatic nitrogens is 1. The number of nitrogens with two attached hydrogens (primary N) is 1. The smallest absolute Gasteiger partial charge is 0.215 e. The van der Waals surface area contributed by atoms with E-state index in [0.29, 0.717) is 11.9 Å². The molecule has 0 aliphatic carbocycles. The highest BCUT2D eigenvalue weighted by molar-refractivity contribution is 5.64. The molecule has 17 heavy (non-hydrogen) atoms. The number of piperidine rings is 1. The SMILES string of the molecule is COc1ccc(N)c(N2CCC(C)CC2C)n1. The highest BCUT2D eigenvalue weighted by Crippen LogP contribution is 2.31. The van der Waals surface area contributed by atoms with Crippen LogP contribution in [0.2, 0.25) is 0 Å². The van der Waals surface area contributed by atoms with E-state index in [1.165, 1.54) is 12.8 Å². The number of rotatable bonds is 2. The van der Waals surface area contributed by atoms with Gasteiger partial charge in [-0.3, -0.25) is 0 Å². The molecule has 1 aliphatic rings. The number of methoxy groups -OCH3 is 1. The standard InChI is InChI=1S/C13H21N3O/c1-9-6-7-16(10(2)8-9)13-11(14)4-5-12(15-13)17-3/h4-5,9-10H,6-8,14H2,1-3H3. The molecule has 2 unspecified atom stereocenters. The molecule has 4 heteroatoms. The summed E-state index contributed by atoms with van der Waals surface area (Å²) in [5.41, 5.74) is 6.74. The molecule has 2 rings (SSSR count). The van der Waals surface area contributed by atoms with Gasteiger partial charge in [-0.05, 0) is 31.7 Å². The van der Waals surface area contributed by atoms with Crippen LogP contribution in [0.5, 0.6) is 5.88 Å². The Balaban J connectivity index is 2.26. The largest absolute Gasteiger partial charge is 0.481 e. The molecule has 0 saturated carbocycles. The van der Waals surface area contributed by atoms with Crippen molar-refractivity contribution >= 4 is 11.5 Å². The van der Waals surface area contributed by atoms with Crippen molar-refractivity contribution in [2.75, 3.05) is 24.3 Å². The lowest BCUT2D eigenvalue weighted by molar-refractivity contribution is 0.371. The molecule has 94 valence electrons. The first-order valence-corrected chi connectivity index (χ1v) is 6.19.